The van der Waals surface area contributed by atoms with E-state index in [4.69, 9.17) is 33.2 Å². The quantitative estimate of drug-likeness (QED) is 0.0503. The zero-order valence-electron chi connectivity index (χ0n) is 56.7. The van der Waals surface area contributed by atoms with E-state index in [1.807, 2.05) is 114 Å². The molecule has 6 heterocycles. The zero-order chi connectivity index (χ0) is 69.6. The van der Waals surface area contributed by atoms with Crippen molar-refractivity contribution < 1.29 is 61.9 Å². The number of imidazole rings is 2. The number of carbonyl (C=O) groups excluding carboxylic acids is 4. The third-order valence-electron chi connectivity index (χ3n) is 17.8. The maximum atomic E-state index is 13.4. The van der Waals surface area contributed by atoms with Gasteiger partial charge in [-0.2, -0.15) is 10.5 Å². The van der Waals surface area contributed by atoms with E-state index in [9.17, 15) is 34.5 Å². The highest BCUT2D eigenvalue weighted by molar-refractivity contribution is 9.10. The minimum atomic E-state index is -0.949. The summed E-state index contributed by atoms with van der Waals surface area (Å²) in [5.74, 6) is -1.79. The van der Waals surface area contributed by atoms with Gasteiger partial charge >= 0.3 is 38.1 Å². The summed E-state index contributed by atoms with van der Waals surface area (Å²) in [6.07, 6.45) is 3.41. The number of halogens is 2. The molecule has 26 heteroatoms. The molecule has 94 heavy (non-hydrogen) atoms. The number of hydrogen-bond acceptors (Lipinski definition) is 16. The molecule has 4 aliphatic heterocycles. The monoisotopic (exact) mass is 1420 g/mol. The van der Waals surface area contributed by atoms with Crippen LogP contribution in [-0.4, -0.2) is 140 Å². The lowest BCUT2D eigenvalue weighted by molar-refractivity contribution is -0.151. The maximum absolute atomic E-state index is 13.4. The predicted molar refractivity (Wildman–Crippen MR) is 365 cm³/mol. The van der Waals surface area contributed by atoms with E-state index in [-0.39, 0.29) is 77.0 Å². The van der Waals surface area contributed by atoms with Crippen molar-refractivity contribution in [2.45, 2.75) is 169 Å². The summed E-state index contributed by atoms with van der Waals surface area (Å²) in [7, 11) is 1.56. The highest BCUT2D eigenvalue weighted by Crippen LogP contribution is 2.44. The number of alkyl carbamates (subject to hydrolysis) is 1. The third kappa shape index (κ3) is 18.0. The van der Waals surface area contributed by atoms with Gasteiger partial charge in [0, 0.05) is 33.2 Å². The molecule has 4 saturated heterocycles. The summed E-state index contributed by atoms with van der Waals surface area (Å²) in [5.41, 5.74) is 1.67. The van der Waals surface area contributed by atoms with Gasteiger partial charge in [0.15, 0.2) is 0 Å². The number of nitriles is 2. The number of aromatic nitrogens is 4. The molecule has 4 N–H and O–H groups in total. The molecular weight excluding hydrogens is 1330 g/mol. The largest absolute Gasteiger partial charge is 0.488 e. The molecule has 3 amide bonds. The van der Waals surface area contributed by atoms with Crippen LogP contribution in [0.1, 0.15) is 147 Å². The second-order valence-corrected chi connectivity index (χ2v) is 29.5. The molecule has 4 fully saturated rings. The molecule has 4 aromatic carbocycles. The molecule has 0 radical (unpaired) electrons. The van der Waals surface area contributed by atoms with Crippen LogP contribution in [0.15, 0.2) is 94.1 Å². The molecule has 10 rings (SSSR count). The Labute approximate surface area is 568 Å². The number of esters is 1. The summed E-state index contributed by atoms with van der Waals surface area (Å²) >= 11 is 7.00. The minimum absolute atomic E-state index is 0.0521. The first-order chi connectivity index (χ1) is 43.9. The van der Waals surface area contributed by atoms with Gasteiger partial charge in [0.1, 0.15) is 23.3 Å². The lowest BCUT2D eigenvalue weighted by atomic mass is 9.49. The summed E-state index contributed by atoms with van der Waals surface area (Å²) in [5, 5.41) is 34.8. The first-order valence-corrected chi connectivity index (χ1v) is 32.9. The zero-order valence-corrected chi connectivity index (χ0v) is 59.8. The highest BCUT2D eigenvalue weighted by atomic mass is 79.9. The average Bonchev–Trinajstić information content (AvgIpc) is 1.60. The Balaban J connectivity index is 0.000000190. The fraction of sp³-hybridized carbons (Fsp3) is 0.515. The minimum Gasteiger partial charge on any atom is -0.481 e. The molecule has 0 bridgehead atoms. The number of rotatable bonds is 12. The fourth-order valence-electron chi connectivity index (χ4n) is 11.0. The van der Waals surface area contributed by atoms with Crippen molar-refractivity contribution >= 4 is 97.5 Å². The van der Waals surface area contributed by atoms with Gasteiger partial charge in [0.05, 0.1) is 109 Å². The van der Waals surface area contributed by atoms with E-state index in [1.165, 1.54) is 14.2 Å². The number of methoxy groups -OCH3 is 2. The highest BCUT2D eigenvalue weighted by Gasteiger charge is 2.64. The SMILES string of the molecule is CC(C)(C)OC(=O)N1C[C@H](C#N)C[C@@H]1c1ncc(-c2ccc3cc(Br)ccc3c2)[nH]1.CC1(C)OB(B2OC(C)(C)C(C)(C)O2)OC1(C)C.COC(=O)C[C@H](C(=O)O)C(C)C.COC(=O)N[C@@H](C(=O)N1C[C@H](C#N)C[C@@H]1c1ncc(-c2ccc3cc(Br)ccc3c2)[nH]1)C(C)C. The lowest BCUT2D eigenvalue weighted by Crippen LogP contribution is -2.51. The Hall–Kier alpha value is -7.32. The summed E-state index contributed by atoms with van der Waals surface area (Å²) in [6.45, 7) is 29.6. The van der Waals surface area contributed by atoms with Gasteiger partial charge in [-0.3, -0.25) is 19.3 Å². The Morgan fingerprint density at radius 2 is 1.06 bits per heavy atom. The molecule has 4 aliphatic rings. The Bertz CT molecular complexity index is 3730. The fourth-order valence-corrected chi connectivity index (χ4v) is 11.7. The molecule has 0 saturated carbocycles. The van der Waals surface area contributed by atoms with Gasteiger partial charge < -0.3 is 58.1 Å². The van der Waals surface area contributed by atoms with Gasteiger partial charge in [0.2, 0.25) is 5.91 Å². The van der Waals surface area contributed by atoms with Gasteiger partial charge in [-0.15, -0.1) is 0 Å². The van der Waals surface area contributed by atoms with Crippen LogP contribution in [0.5, 0.6) is 0 Å². The van der Waals surface area contributed by atoms with Crippen LogP contribution in [-0.2, 0) is 47.2 Å². The van der Waals surface area contributed by atoms with Gasteiger partial charge in [-0.25, -0.2) is 19.6 Å². The van der Waals surface area contributed by atoms with Gasteiger partial charge in [-0.1, -0.05) is 96.0 Å². The van der Waals surface area contributed by atoms with Crippen molar-refractivity contribution in [2.24, 2.45) is 29.6 Å². The Morgan fingerprint density at radius 3 is 1.44 bits per heavy atom. The van der Waals surface area contributed by atoms with E-state index >= 15 is 0 Å². The van der Waals surface area contributed by atoms with E-state index in [1.54, 1.807) is 36.0 Å². The number of amides is 3. The molecule has 502 valence electrons. The molecular formula is C68H87B2Br2N9O13. The number of carbonyl (C=O) groups is 5. The molecule has 2 aromatic heterocycles. The number of fused-ring (bicyclic) bond motifs is 2. The Kier molecular flexibility index (Phi) is 23.8. The molecule has 6 atom stereocenters. The summed E-state index contributed by atoms with van der Waals surface area (Å²) in [6, 6.07) is 27.8. The number of nitrogens with one attached hydrogen (secondary N) is 3. The first-order valence-electron chi connectivity index (χ1n) is 31.3. The van der Waals surface area contributed by atoms with Crippen molar-refractivity contribution in [3.05, 3.63) is 106 Å². The number of aliphatic carboxylic acids is 1. The lowest BCUT2D eigenvalue weighted by Gasteiger charge is -2.32. The first kappa shape index (κ1) is 74.1. The normalized spacial score (nSPS) is 20.6. The number of H-pyrrole nitrogens is 2. The number of likely N-dealkylation sites (tertiary alicyclic amines) is 2. The summed E-state index contributed by atoms with van der Waals surface area (Å²) in [4.78, 5) is 78.4. The predicted octanol–water partition coefficient (Wildman–Crippen LogP) is 13.8. The molecule has 0 unspecified atom stereocenters. The van der Waals surface area contributed by atoms with E-state index in [0.717, 1.165) is 53.0 Å². The van der Waals surface area contributed by atoms with Gasteiger partial charge in [0.25, 0.3) is 0 Å². The van der Waals surface area contributed by atoms with Crippen molar-refractivity contribution in [1.29, 1.82) is 10.5 Å². The Morgan fingerprint density at radius 1 is 0.660 bits per heavy atom. The number of benzene rings is 4. The van der Waals surface area contributed by atoms with Crippen LogP contribution in [0.4, 0.5) is 9.59 Å². The van der Waals surface area contributed by atoms with E-state index < -0.39 is 55.7 Å². The average molecular weight is 1420 g/mol. The topological polar surface area (TPSA) is 294 Å². The van der Waals surface area contributed by atoms with E-state index in [0.29, 0.717) is 31.0 Å². The maximum Gasteiger partial charge on any atom is 0.488 e. The van der Waals surface area contributed by atoms with Crippen molar-refractivity contribution in [2.75, 3.05) is 27.3 Å². The van der Waals surface area contributed by atoms with Crippen LogP contribution >= 0.6 is 31.9 Å². The van der Waals surface area contributed by atoms with Crippen molar-refractivity contribution in [3.63, 3.8) is 0 Å². The number of carboxylic acids is 1. The number of carboxylic acid groups (broad SMARTS) is 1. The standard InChI is InChI=1S/C25H26BrN5O3.C23H23BrN4O2.C12H24B2O4.C8H14O4/c1-14(2)22(30-25(33)34-3)24(32)31-13-15(11-27)8-21(31)23-28-12-20(29-23)18-5-4-17-10-19(26)7-6-16(17)9-18;1-23(2,3)30-22(29)28-13-14(11-25)8-20(28)21-26-12-19(27-21)17-5-4-16-10-18(24)7-6-15(16)9-17;1-9(2)10(3,4)16-13(15-9)14-17-11(5,6)12(7,8)18-14;1-5(2)6(8(10)11)4-7(9)12-3/h4-7,9-10,12,14-15,21-22H,8,13H2,1-3H3,(H,28,29)(H,30,33);4-7,9-10,12,14,20H,8,13H2,1-3H3,(H,26,27);1-8H3;5-6H,4H2,1-3H3,(H,10,11)/t15-,21+,22+;14-,20+;;6-/m00.0/s1. The molecule has 0 spiro atoms. The summed E-state index contributed by atoms with van der Waals surface area (Å²) < 4.78 is 40.5. The van der Waals surface area contributed by atoms with Gasteiger partial charge in [-0.05, 0) is 159 Å². The van der Waals surface area contributed by atoms with Crippen molar-refractivity contribution in [3.8, 4) is 34.7 Å². The number of aromatic amines is 2. The van der Waals surface area contributed by atoms with Crippen molar-refractivity contribution in [1.82, 2.24) is 35.1 Å². The molecule has 0 aliphatic carbocycles. The second kappa shape index (κ2) is 30.2. The van der Waals surface area contributed by atoms with Crippen LogP contribution in [0.25, 0.3) is 44.1 Å². The van der Waals surface area contributed by atoms with Crippen LogP contribution in [0, 0.1) is 52.3 Å². The molecule has 6 aromatic rings. The smallest absolute Gasteiger partial charge is 0.481 e. The van der Waals surface area contributed by atoms with Crippen LogP contribution in [0.3, 0.4) is 0 Å². The van der Waals surface area contributed by atoms with Crippen LogP contribution in [0.2, 0.25) is 0 Å². The third-order valence-corrected chi connectivity index (χ3v) is 18.8. The van der Waals surface area contributed by atoms with Crippen LogP contribution < -0.4 is 5.32 Å². The number of ether oxygens (including phenoxy) is 3. The number of nitrogens with zero attached hydrogens (tertiary/aromatic N) is 6. The number of hydrogen-bond donors (Lipinski definition) is 4. The molecule has 22 nitrogen and oxygen atoms in total. The van der Waals surface area contributed by atoms with E-state index in [2.05, 4.69) is 123 Å². The second-order valence-electron chi connectivity index (χ2n) is 27.6.